The topological polar surface area (TPSA) is 85.7 Å². The van der Waals surface area contributed by atoms with E-state index in [2.05, 4.69) is 15.5 Å². The molecule has 5 rings (SSSR count). The van der Waals surface area contributed by atoms with Gasteiger partial charge in [0.05, 0.1) is 5.69 Å². The fraction of sp³-hybridized carbons (Fsp3) is 0.130. The Balaban J connectivity index is 1.50. The van der Waals surface area contributed by atoms with Crippen molar-refractivity contribution in [3.05, 3.63) is 88.6 Å². The Kier molecular flexibility index (Phi) is 4.39. The number of rotatable bonds is 4. The number of fused-ring (bicyclic) bond motifs is 3. The zero-order chi connectivity index (χ0) is 21.5. The molecule has 0 aliphatic heterocycles. The van der Waals surface area contributed by atoms with Crippen LogP contribution in [0.2, 0.25) is 0 Å². The van der Waals surface area contributed by atoms with Crippen molar-refractivity contribution in [1.29, 1.82) is 0 Å². The zero-order valence-corrected chi connectivity index (χ0v) is 17.1. The van der Waals surface area contributed by atoms with Gasteiger partial charge >= 0.3 is 5.69 Å². The summed E-state index contributed by atoms with van der Waals surface area (Å²) < 4.78 is 4.28. The van der Waals surface area contributed by atoms with Crippen LogP contribution < -0.4 is 11.0 Å². The standard InChI is InChI=1S/C23H20N6O2/c1-15-7-6-10-18(16(15)2)24-21(30)14-29-23(31)27-11-12-28-20(22(27)26-29)13-19(25-28)17-8-4-3-5-9-17/h3-13H,14H2,1-2H3,(H,24,30). The SMILES string of the molecule is Cc1cccc(NC(=O)Cn2nc3c4cc(-c5ccccc5)nn4ccn3c2=O)c1C. The predicted molar refractivity (Wildman–Crippen MR) is 118 cm³/mol. The molecule has 0 bridgehead atoms. The molecule has 3 heterocycles. The third-order valence-electron chi connectivity index (χ3n) is 5.43. The molecule has 0 aliphatic rings. The van der Waals surface area contributed by atoms with Crippen molar-refractivity contribution in [2.45, 2.75) is 20.4 Å². The Hall–Kier alpha value is -4.20. The van der Waals surface area contributed by atoms with Gasteiger partial charge in [-0.1, -0.05) is 42.5 Å². The Morgan fingerprint density at radius 2 is 1.81 bits per heavy atom. The summed E-state index contributed by atoms with van der Waals surface area (Å²) >= 11 is 0. The van der Waals surface area contributed by atoms with Gasteiger partial charge < -0.3 is 5.32 Å². The van der Waals surface area contributed by atoms with Gasteiger partial charge in [-0.2, -0.15) is 5.10 Å². The van der Waals surface area contributed by atoms with Gasteiger partial charge in [0.15, 0.2) is 5.65 Å². The van der Waals surface area contributed by atoms with Crippen LogP contribution in [-0.2, 0) is 11.3 Å². The largest absolute Gasteiger partial charge is 0.350 e. The van der Waals surface area contributed by atoms with E-state index in [1.54, 1.807) is 16.9 Å². The van der Waals surface area contributed by atoms with Gasteiger partial charge in [0.2, 0.25) is 5.91 Å². The first-order chi connectivity index (χ1) is 15.0. The predicted octanol–water partition coefficient (Wildman–Crippen LogP) is 3.07. The maximum absolute atomic E-state index is 12.8. The summed E-state index contributed by atoms with van der Waals surface area (Å²) in [6.07, 6.45) is 3.32. The van der Waals surface area contributed by atoms with Gasteiger partial charge in [-0.3, -0.25) is 4.79 Å². The highest BCUT2D eigenvalue weighted by Gasteiger charge is 2.16. The number of anilines is 1. The molecule has 0 aliphatic carbocycles. The van der Waals surface area contributed by atoms with E-state index in [1.807, 2.05) is 68.4 Å². The van der Waals surface area contributed by atoms with Crippen LogP contribution in [-0.4, -0.2) is 29.7 Å². The van der Waals surface area contributed by atoms with E-state index in [1.165, 1.54) is 9.08 Å². The molecule has 2 aromatic carbocycles. The average Bonchev–Trinajstić information content (AvgIpc) is 3.34. The van der Waals surface area contributed by atoms with Crippen LogP contribution >= 0.6 is 0 Å². The van der Waals surface area contributed by atoms with Crippen molar-refractivity contribution in [1.82, 2.24) is 23.8 Å². The van der Waals surface area contributed by atoms with Crippen molar-refractivity contribution < 1.29 is 4.79 Å². The highest BCUT2D eigenvalue weighted by atomic mass is 16.2. The van der Waals surface area contributed by atoms with E-state index in [0.29, 0.717) is 11.2 Å². The molecule has 31 heavy (non-hydrogen) atoms. The van der Waals surface area contributed by atoms with Crippen molar-refractivity contribution in [2.75, 3.05) is 5.32 Å². The van der Waals surface area contributed by atoms with Crippen molar-refractivity contribution >= 4 is 22.8 Å². The fourth-order valence-electron chi connectivity index (χ4n) is 3.60. The minimum Gasteiger partial charge on any atom is -0.324 e. The summed E-state index contributed by atoms with van der Waals surface area (Å²) in [5.74, 6) is -0.311. The Bertz CT molecular complexity index is 1490. The highest BCUT2D eigenvalue weighted by Crippen LogP contribution is 2.21. The number of hydrogen-bond acceptors (Lipinski definition) is 4. The molecule has 3 aromatic heterocycles. The molecule has 8 nitrogen and oxygen atoms in total. The number of hydrogen-bond donors (Lipinski definition) is 1. The van der Waals surface area contributed by atoms with E-state index in [4.69, 9.17) is 0 Å². The molecule has 0 unspecified atom stereocenters. The summed E-state index contributed by atoms with van der Waals surface area (Å²) in [6, 6.07) is 17.4. The van der Waals surface area contributed by atoms with Gasteiger partial charge in [0.1, 0.15) is 12.1 Å². The second-order valence-corrected chi connectivity index (χ2v) is 7.45. The van der Waals surface area contributed by atoms with Crippen LogP contribution in [0.4, 0.5) is 5.69 Å². The Morgan fingerprint density at radius 3 is 2.61 bits per heavy atom. The molecule has 1 amide bonds. The van der Waals surface area contributed by atoms with E-state index >= 15 is 0 Å². The monoisotopic (exact) mass is 412 g/mol. The minimum absolute atomic E-state index is 0.181. The van der Waals surface area contributed by atoms with Crippen LogP contribution in [0.25, 0.3) is 22.4 Å². The lowest BCUT2D eigenvalue weighted by molar-refractivity contribution is -0.117. The lowest BCUT2D eigenvalue weighted by Crippen LogP contribution is -2.28. The summed E-state index contributed by atoms with van der Waals surface area (Å²) in [7, 11) is 0. The molecule has 1 N–H and O–H groups in total. The molecule has 0 radical (unpaired) electrons. The Morgan fingerprint density at radius 1 is 1.00 bits per heavy atom. The van der Waals surface area contributed by atoms with E-state index in [0.717, 1.165) is 28.1 Å². The highest BCUT2D eigenvalue weighted by molar-refractivity contribution is 5.91. The molecule has 0 saturated heterocycles. The molecule has 154 valence electrons. The molecular formula is C23H20N6O2. The number of nitrogens with one attached hydrogen (secondary N) is 1. The van der Waals surface area contributed by atoms with Crippen molar-refractivity contribution in [2.24, 2.45) is 0 Å². The number of benzene rings is 2. The van der Waals surface area contributed by atoms with Crippen LogP contribution in [0.5, 0.6) is 0 Å². The van der Waals surface area contributed by atoms with Gasteiger partial charge in [-0.05, 0) is 37.1 Å². The molecular weight excluding hydrogens is 392 g/mol. The third-order valence-corrected chi connectivity index (χ3v) is 5.43. The number of amides is 1. The van der Waals surface area contributed by atoms with Crippen LogP contribution in [0.1, 0.15) is 11.1 Å². The molecule has 5 aromatic rings. The maximum atomic E-state index is 12.8. The quantitative estimate of drug-likeness (QED) is 0.492. The smallest absolute Gasteiger partial charge is 0.324 e. The number of nitrogens with zero attached hydrogens (tertiary/aromatic N) is 5. The second kappa shape index (κ2) is 7.24. The molecule has 0 fully saturated rings. The van der Waals surface area contributed by atoms with Gasteiger partial charge in [0, 0.05) is 23.6 Å². The molecule has 0 spiro atoms. The zero-order valence-electron chi connectivity index (χ0n) is 17.1. The summed E-state index contributed by atoms with van der Waals surface area (Å²) in [5, 5.41) is 11.9. The van der Waals surface area contributed by atoms with Crippen LogP contribution in [0.15, 0.2) is 71.8 Å². The minimum atomic E-state index is -0.379. The number of carbonyl (C=O) groups is 1. The lowest BCUT2D eigenvalue weighted by Gasteiger charge is -2.09. The van der Waals surface area contributed by atoms with E-state index < -0.39 is 0 Å². The van der Waals surface area contributed by atoms with E-state index in [9.17, 15) is 9.59 Å². The summed E-state index contributed by atoms with van der Waals surface area (Å²) in [4.78, 5) is 25.4. The summed E-state index contributed by atoms with van der Waals surface area (Å²) in [5.41, 5.74) is 5.31. The molecule has 0 saturated carbocycles. The summed E-state index contributed by atoms with van der Waals surface area (Å²) in [6.45, 7) is 3.75. The first-order valence-corrected chi connectivity index (χ1v) is 9.90. The van der Waals surface area contributed by atoms with Crippen LogP contribution in [0.3, 0.4) is 0 Å². The normalized spacial score (nSPS) is 11.3. The van der Waals surface area contributed by atoms with Crippen molar-refractivity contribution in [3.63, 3.8) is 0 Å². The maximum Gasteiger partial charge on any atom is 0.350 e. The first kappa shape index (κ1) is 18.8. The molecule has 8 heteroatoms. The third kappa shape index (κ3) is 3.28. The van der Waals surface area contributed by atoms with Gasteiger partial charge in [-0.25, -0.2) is 18.4 Å². The lowest BCUT2D eigenvalue weighted by atomic mass is 10.1. The number of aryl methyl sites for hydroxylation is 1. The van der Waals surface area contributed by atoms with Crippen molar-refractivity contribution in [3.8, 4) is 11.3 Å². The first-order valence-electron chi connectivity index (χ1n) is 9.90. The average molecular weight is 412 g/mol. The van der Waals surface area contributed by atoms with E-state index in [-0.39, 0.29) is 18.1 Å². The molecule has 0 atom stereocenters. The van der Waals surface area contributed by atoms with Crippen LogP contribution in [0, 0.1) is 13.8 Å². The number of carbonyl (C=O) groups excluding carboxylic acids is 1. The van der Waals surface area contributed by atoms with Gasteiger partial charge in [-0.15, -0.1) is 5.10 Å². The fourth-order valence-corrected chi connectivity index (χ4v) is 3.60. The van der Waals surface area contributed by atoms with Gasteiger partial charge in [0.25, 0.3) is 0 Å². The second-order valence-electron chi connectivity index (χ2n) is 7.45. The number of aromatic nitrogens is 5. The Labute approximate surface area is 177 Å².